The first-order chi connectivity index (χ1) is 9.58. The minimum absolute atomic E-state index is 0.0147. The Kier molecular flexibility index (Phi) is 4.40. The molecule has 0 spiro atoms. The van der Waals surface area contributed by atoms with Crippen LogP contribution in [0.3, 0.4) is 0 Å². The van der Waals surface area contributed by atoms with E-state index >= 15 is 0 Å². The highest BCUT2D eigenvalue weighted by Gasteiger charge is 2.09. The fourth-order valence-corrected chi connectivity index (χ4v) is 1.93. The number of aromatic nitrogens is 2. The van der Waals surface area contributed by atoms with Crippen LogP contribution in [-0.2, 0) is 11.3 Å². The topological polar surface area (TPSA) is 67.0 Å². The monoisotopic (exact) mass is 273 g/mol. The van der Waals surface area contributed by atoms with E-state index in [0.717, 1.165) is 28.3 Å². The first-order valence-electron chi connectivity index (χ1n) is 6.53. The summed E-state index contributed by atoms with van der Waals surface area (Å²) < 4.78 is 5.49. The van der Waals surface area contributed by atoms with E-state index in [2.05, 4.69) is 15.5 Å². The number of nitrogens with one attached hydrogen (secondary N) is 2. The molecule has 5 heteroatoms. The lowest BCUT2D eigenvalue weighted by atomic mass is 10.2. The van der Waals surface area contributed by atoms with E-state index in [0.29, 0.717) is 6.54 Å². The van der Waals surface area contributed by atoms with Gasteiger partial charge in [0.25, 0.3) is 5.91 Å². The molecule has 20 heavy (non-hydrogen) atoms. The van der Waals surface area contributed by atoms with Crippen LogP contribution < -0.4 is 10.1 Å². The van der Waals surface area contributed by atoms with E-state index in [9.17, 15) is 4.79 Å². The van der Waals surface area contributed by atoms with Gasteiger partial charge in [0.1, 0.15) is 5.75 Å². The van der Waals surface area contributed by atoms with Crippen LogP contribution in [0.1, 0.15) is 22.5 Å². The molecule has 2 N–H and O–H groups in total. The highest BCUT2D eigenvalue weighted by atomic mass is 16.5. The van der Waals surface area contributed by atoms with Crippen molar-refractivity contribution in [1.29, 1.82) is 0 Å². The molecule has 0 aliphatic rings. The van der Waals surface area contributed by atoms with Gasteiger partial charge in [0, 0.05) is 17.8 Å². The summed E-state index contributed by atoms with van der Waals surface area (Å²) in [5, 5.41) is 9.82. The summed E-state index contributed by atoms with van der Waals surface area (Å²) in [4.78, 5) is 11.8. The molecule has 1 amide bonds. The zero-order chi connectivity index (χ0) is 14.5. The maximum absolute atomic E-state index is 11.8. The second-order valence-corrected chi connectivity index (χ2v) is 4.74. The van der Waals surface area contributed by atoms with E-state index in [1.807, 2.05) is 45.0 Å². The average Bonchev–Trinajstić information content (AvgIpc) is 2.75. The van der Waals surface area contributed by atoms with E-state index in [4.69, 9.17) is 4.74 Å². The van der Waals surface area contributed by atoms with Gasteiger partial charge >= 0.3 is 0 Å². The van der Waals surface area contributed by atoms with Crippen molar-refractivity contribution in [2.75, 3.05) is 6.61 Å². The molecule has 2 rings (SSSR count). The second-order valence-electron chi connectivity index (χ2n) is 4.74. The van der Waals surface area contributed by atoms with Crippen molar-refractivity contribution in [3.8, 4) is 5.75 Å². The van der Waals surface area contributed by atoms with Gasteiger partial charge < -0.3 is 10.1 Å². The Morgan fingerprint density at radius 1 is 1.30 bits per heavy atom. The summed E-state index contributed by atoms with van der Waals surface area (Å²) >= 11 is 0. The van der Waals surface area contributed by atoms with Gasteiger partial charge in [-0.3, -0.25) is 9.89 Å². The zero-order valence-electron chi connectivity index (χ0n) is 12.0. The van der Waals surface area contributed by atoms with Crippen molar-refractivity contribution >= 4 is 5.91 Å². The zero-order valence-corrected chi connectivity index (χ0v) is 12.0. The van der Waals surface area contributed by atoms with Crippen LogP contribution >= 0.6 is 0 Å². The van der Waals surface area contributed by atoms with Crippen molar-refractivity contribution in [2.45, 2.75) is 27.3 Å². The number of carbonyl (C=O) groups is 1. The molecule has 1 heterocycles. The molecular formula is C15H19N3O2. The normalized spacial score (nSPS) is 10.3. The SMILES string of the molecule is Cc1ccccc1OCC(=O)NCc1c(C)n[nH]c1C. The second kappa shape index (κ2) is 6.23. The van der Waals surface area contributed by atoms with Gasteiger partial charge in [-0.25, -0.2) is 0 Å². The van der Waals surface area contributed by atoms with Crippen LogP contribution in [0, 0.1) is 20.8 Å². The molecule has 0 unspecified atom stereocenters. The van der Waals surface area contributed by atoms with Crippen LogP contribution in [0.5, 0.6) is 5.75 Å². The van der Waals surface area contributed by atoms with Crippen LogP contribution in [0.2, 0.25) is 0 Å². The molecule has 0 atom stereocenters. The van der Waals surface area contributed by atoms with Gasteiger partial charge in [0.15, 0.2) is 6.61 Å². The number of aryl methyl sites for hydroxylation is 3. The quantitative estimate of drug-likeness (QED) is 0.876. The predicted molar refractivity (Wildman–Crippen MR) is 76.6 cm³/mol. The summed E-state index contributed by atoms with van der Waals surface area (Å²) in [5.74, 6) is 0.589. The lowest BCUT2D eigenvalue weighted by Crippen LogP contribution is -2.28. The number of carbonyl (C=O) groups excluding carboxylic acids is 1. The number of H-pyrrole nitrogens is 1. The van der Waals surface area contributed by atoms with Gasteiger partial charge in [0.05, 0.1) is 5.69 Å². The van der Waals surface area contributed by atoms with E-state index < -0.39 is 0 Å². The number of ether oxygens (including phenoxy) is 1. The highest BCUT2D eigenvalue weighted by molar-refractivity contribution is 5.77. The minimum Gasteiger partial charge on any atom is -0.484 e. The molecular weight excluding hydrogens is 254 g/mol. The maximum atomic E-state index is 11.8. The van der Waals surface area contributed by atoms with E-state index in [1.165, 1.54) is 0 Å². The Hall–Kier alpha value is -2.30. The molecule has 0 saturated heterocycles. The van der Waals surface area contributed by atoms with Gasteiger partial charge in [-0.05, 0) is 32.4 Å². The third kappa shape index (κ3) is 3.38. The predicted octanol–water partition coefficient (Wildman–Crippen LogP) is 2.03. The molecule has 0 radical (unpaired) electrons. The van der Waals surface area contributed by atoms with E-state index in [-0.39, 0.29) is 12.5 Å². The summed E-state index contributed by atoms with van der Waals surface area (Å²) in [7, 11) is 0. The molecule has 0 aliphatic heterocycles. The van der Waals surface area contributed by atoms with Crippen molar-refractivity contribution in [3.05, 3.63) is 46.8 Å². The first kappa shape index (κ1) is 14.1. The van der Waals surface area contributed by atoms with Crippen LogP contribution in [0.15, 0.2) is 24.3 Å². The van der Waals surface area contributed by atoms with Crippen molar-refractivity contribution < 1.29 is 9.53 Å². The smallest absolute Gasteiger partial charge is 0.258 e. The van der Waals surface area contributed by atoms with Crippen LogP contribution in [-0.4, -0.2) is 22.7 Å². The number of para-hydroxylation sites is 1. The van der Waals surface area contributed by atoms with Crippen molar-refractivity contribution in [1.82, 2.24) is 15.5 Å². The number of hydrogen-bond donors (Lipinski definition) is 2. The van der Waals surface area contributed by atoms with Crippen molar-refractivity contribution in [2.24, 2.45) is 0 Å². The Balaban J connectivity index is 1.83. The third-order valence-corrected chi connectivity index (χ3v) is 3.20. The van der Waals surface area contributed by atoms with Crippen molar-refractivity contribution in [3.63, 3.8) is 0 Å². The molecule has 106 valence electrons. The lowest BCUT2D eigenvalue weighted by molar-refractivity contribution is -0.123. The van der Waals surface area contributed by atoms with Crippen LogP contribution in [0.4, 0.5) is 0 Å². The standard InChI is InChI=1S/C15H19N3O2/c1-10-6-4-5-7-14(10)20-9-15(19)16-8-13-11(2)17-18-12(13)3/h4-7H,8-9H2,1-3H3,(H,16,19)(H,17,18). The average molecular weight is 273 g/mol. The first-order valence-corrected chi connectivity index (χ1v) is 6.53. The van der Waals surface area contributed by atoms with Gasteiger partial charge in [-0.15, -0.1) is 0 Å². The minimum atomic E-state index is -0.145. The van der Waals surface area contributed by atoms with Gasteiger partial charge in [-0.2, -0.15) is 5.10 Å². The summed E-state index contributed by atoms with van der Waals surface area (Å²) in [6.07, 6.45) is 0. The molecule has 0 bridgehead atoms. The number of nitrogens with zero attached hydrogens (tertiary/aromatic N) is 1. The van der Waals surface area contributed by atoms with Gasteiger partial charge in [-0.1, -0.05) is 18.2 Å². The molecule has 1 aromatic heterocycles. The van der Waals surface area contributed by atoms with Crippen LogP contribution in [0.25, 0.3) is 0 Å². The molecule has 0 saturated carbocycles. The summed E-state index contributed by atoms with van der Waals surface area (Å²) in [6, 6.07) is 7.63. The molecule has 2 aromatic rings. The molecule has 1 aromatic carbocycles. The Bertz CT molecular complexity index is 585. The number of aromatic amines is 1. The summed E-state index contributed by atoms with van der Waals surface area (Å²) in [6.45, 7) is 6.27. The number of rotatable bonds is 5. The Labute approximate surface area is 118 Å². The third-order valence-electron chi connectivity index (χ3n) is 3.20. The largest absolute Gasteiger partial charge is 0.484 e. The lowest BCUT2D eigenvalue weighted by Gasteiger charge is -2.09. The molecule has 0 fully saturated rings. The number of hydrogen-bond acceptors (Lipinski definition) is 3. The molecule has 0 aliphatic carbocycles. The maximum Gasteiger partial charge on any atom is 0.258 e. The number of amides is 1. The van der Waals surface area contributed by atoms with E-state index in [1.54, 1.807) is 0 Å². The molecule has 5 nitrogen and oxygen atoms in total. The fraction of sp³-hybridized carbons (Fsp3) is 0.333. The number of benzene rings is 1. The Morgan fingerprint density at radius 2 is 2.05 bits per heavy atom. The van der Waals surface area contributed by atoms with Gasteiger partial charge in [0.2, 0.25) is 0 Å². The summed E-state index contributed by atoms with van der Waals surface area (Å²) in [5.41, 5.74) is 3.92. The Morgan fingerprint density at radius 3 is 2.70 bits per heavy atom. The fourth-order valence-electron chi connectivity index (χ4n) is 1.93. The highest BCUT2D eigenvalue weighted by Crippen LogP contribution is 2.15.